The van der Waals surface area contributed by atoms with E-state index in [1.807, 2.05) is 0 Å². The van der Waals surface area contributed by atoms with Crippen molar-refractivity contribution in [1.29, 1.82) is 0 Å². The number of terminal acetylenes is 1. The summed E-state index contributed by atoms with van der Waals surface area (Å²) in [4.78, 5) is 0. The molecule has 1 rings (SSSR count). The standard InChI is InChI=1S/C12H12F2O/c1-2-3-4-5-12(15)9-6-10(13)8-11(14)7-9/h1,6-8,12,15H,3-5H2. The Morgan fingerprint density at radius 2 is 1.87 bits per heavy atom. The summed E-state index contributed by atoms with van der Waals surface area (Å²) in [6, 6.07) is 3.03. The third-order valence-corrected chi connectivity index (χ3v) is 2.07. The summed E-state index contributed by atoms with van der Waals surface area (Å²) >= 11 is 0. The fourth-order valence-electron chi connectivity index (χ4n) is 1.33. The van der Waals surface area contributed by atoms with E-state index in [9.17, 15) is 13.9 Å². The van der Waals surface area contributed by atoms with Gasteiger partial charge in [0.05, 0.1) is 6.10 Å². The molecule has 1 atom stereocenters. The van der Waals surface area contributed by atoms with Gasteiger partial charge in [0.1, 0.15) is 11.6 Å². The van der Waals surface area contributed by atoms with Gasteiger partial charge in [-0.2, -0.15) is 0 Å². The van der Waals surface area contributed by atoms with Crippen molar-refractivity contribution in [2.45, 2.75) is 25.4 Å². The van der Waals surface area contributed by atoms with E-state index in [-0.39, 0.29) is 5.56 Å². The van der Waals surface area contributed by atoms with Gasteiger partial charge in [0.15, 0.2) is 0 Å². The summed E-state index contributed by atoms with van der Waals surface area (Å²) in [7, 11) is 0. The van der Waals surface area contributed by atoms with E-state index in [1.165, 1.54) is 0 Å². The smallest absolute Gasteiger partial charge is 0.126 e. The molecule has 0 aromatic heterocycles. The van der Waals surface area contributed by atoms with Gasteiger partial charge in [0.2, 0.25) is 0 Å². The molecule has 0 amide bonds. The van der Waals surface area contributed by atoms with Crippen molar-refractivity contribution in [3.8, 4) is 12.3 Å². The molecule has 1 unspecified atom stereocenters. The van der Waals surface area contributed by atoms with E-state index in [2.05, 4.69) is 5.92 Å². The van der Waals surface area contributed by atoms with Crippen molar-refractivity contribution in [3.63, 3.8) is 0 Å². The maximum absolute atomic E-state index is 12.8. The van der Waals surface area contributed by atoms with E-state index in [0.29, 0.717) is 19.3 Å². The fraction of sp³-hybridized carbons (Fsp3) is 0.333. The minimum absolute atomic E-state index is 0.254. The Labute approximate surface area is 87.7 Å². The molecule has 0 radical (unpaired) electrons. The average Bonchev–Trinajstić information content (AvgIpc) is 2.16. The summed E-state index contributed by atoms with van der Waals surface area (Å²) in [6.45, 7) is 0. The van der Waals surface area contributed by atoms with Gasteiger partial charge in [-0.1, -0.05) is 0 Å². The number of hydrogen-bond donors (Lipinski definition) is 1. The van der Waals surface area contributed by atoms with Crippen LogP contribution in [0.25, 0.3) is 0 Å². The molecule has 1 N–H and O–H groups in total. The molecule has 1 aromatic rings. The Bertz CT molecular complexity index is 348. The summed E-state index contributed by atoms with van der Waals surface area (Å²) in [5.41, 5.74) is 0.254. The van der Waals surface area contributed by atoms with Crippen LogP contribution in [0.1, 0.15) is 30.9 Å². The van der Waals surface area contributed by atoms with E-state index >= 15 is 0 Å². The van der Waals surface area contributed by atoms with Crippen LogP contribution >= 0.6 is 0 Å². The van der Waals surface area contributed by atoms with E-state index in [1.54, 1.807) is 0 Å². The maximum atomic E-state index is 12.8. The first-order chi connectivity index (χ1) is 7.13. The van der Waals surface area contributed by atoms with Gasteiger partial charge in [-0.3, -0.25) is 0 Å². The molecule has 0 aliphatic heterocycles. The van der Waals surface area contributed by atoms with Crippen LogP contribution in [0.2, 0.25) is 0 Å². The Morgan fingerprint density at radius 3 is 2.40 bits per heavy atom. The number of unbranched alkanes of at least 4 members (excludes halogenated alkanes) is 1. The van der Waals surface area contributed by atoms with Gasteiger partial charge in [0.25, 0.3) is 0 Å². The normalized spacial score (nSPS) is 12.1. The molecule has 0 fully saturated rings. The monoisotopic (exact) mass is 210 g/mol. The minimum atomic E-state index is -0.858. The van der Waals surface area contributed by atoms with E-state index in [4.69, 9.17) is 6.42 Å². The van der Waals surface area contributed by atoms with Gasteiger partial charge in [0, 0.05) is 12.5 Å². The number of benzene rings is 1. The van der Waals surface area contributed by atoms with Gasteiger partial charge in [-0.25, -0.2) is 8.78 Å². The van der Waals surface area contributed by atoms with Crippen molar-refractivity contribution < 1.29 is 13.9 Å². The lowest BCUT2D eigenvalue weighted by molar-refractivity contribution is 0.164. The molecule has 1 aromatic carbocycles. The van der Waals surface area contributed by atoms with Crippen LogP contribution < -0.4 is 0 Å². The number of hydrogen-bond acceptors (Lipinski definition) is 1. The van der Waals surface area contributed by atoms with Gasteiger partial charge in [-0.15, -0.1) is 12.3 Å². The van der Waals surface area contributed by atoms with E-state index in [0.717, 1.165) is 18.2 Å². The SMILES string of the molecule is C#CCCCC(O)c1cc(F)cc(F)c1. The molecule has 80 valence electrons. The first-order valence-corrected chi connectivity index (χ1v) is 4.71. The van der Waals surface area contributed by atoms with Crippen LogP contribution in [0.3, 0.4) is 0 Å². The molecule has 0 heterocycles. The zero-order chi connectivity index (χ0) is 11.3. The average molecular weight is 210 g/mol. The number of rotatable bonds is 4. The van der Waals surface area contributed by atoms with Crippen LogP contribution in [0, 0.1) is 24.0 Å². The Balaban J connectivity index is 2.65. The van der Waals surface area contributed by atoms with Gasteiger partial charge < -0.3 is 5.11 Å². The van der Waals surface area contributed by atoms with Crippen molar-refractivity contribution in [2.75, 3.05) is 0 Å². The number of aliphatic hydroxyl groups is 1. The minimum Gasteiger partial charge on any atom is -0.388 e. The molecule has 15 heavy (non-hydrogen) atoms. The van der Waals surface area contributed by atoms with Crippen molar-refractivity contribution in [2.24, 2.45) is 0 Å². The summed E-state index contributed by atoms with van der Waals surface area (Å²) in [5, 5.41) is 9.59. The van der Waals surface area contributed by atoms with Crippen LogP contribution in [0.5, 0.6) is 0 Å². The predicted octanol–water partition coefficient (Wildman–Crippen LogP) is 2.80. The summed E-state index contributed by atoms with van der Waals surface area (Å²) in [5.74, 6) is 1.08. The molecule has 1 nitrogen and oxygen atoms in total. The Kier molecular flexibility index (Phi) is 4.26. The molecule has 3 heteroatoms. The second-order valence-electron chi connectivity index (χ2n) is 3.31. The lowest BCUT2D eigenvalue weighted by atomic mass is 10.0. The molecule has 0 aliphatic carbocycles. The van der Waals surface area contributed by atoms with Crippen molar-refractivity contribution >= 4 is 0 Å². The highest BCUT2D eigenvalue weighted by Crippen LogP contribution is 2.20. The Hall–Kier alpha value is -1.40. The van der Waals surface area contributed by atoms with Crippen molar-refractivity contribution in [3.05, 3.63) is 35.4 Å². The second kappa shape index (κ2) is 5.47. The topological polar surface area (TPSA) is 20.2 Å². The quantitative estimate of drug-likeness (QED) is 0.598. The highest BCUT2D eigenvalue weighted by Gasteiger charge is 2.09. The van der Waals surface area contributed by atoms with Gasteiger partial charge in [-0.05, 0) is 30.5 Å². The first-order valence-electron chi connectivity index (χ1n) is 4.71. The third kappa shape index (κ3) is 3.69. The molecule has 0 saturated heterocycles. The largest absolute Gasteiger partial charge is 0.388 e. The lowest BCUT2D eigenvalue weighted by Gasteiger charge is -2.10. The Morgan fingerprint density at radius 1 is 1.27 bits per heavy atom. The van der Waals surface area contributed by atoms with Crippen LogP contribution in [0.15, 0.2) is 18.2 Å². The molecule has 0 aliphatic rings. The molecular weight excluding hydrogens is 198 g/mol. The lowest BCUT2D eigenvalue weighted by Crippen LogP contribution is -1.99. The number of halogens is 2. The summed E-state index contributed by atoms with van der Waals surface area (Å²) < 4.78 is 25.6. The maximum Gasteiger partial charge on any atom is 0.126 e. The zero-order valence-corrected chi connectivity index (χ0v) is 8.21. The molecule has 0 saturated carbocycles. The van der Waals surface area contributed by atoms with Gasteiger partial charge >= 0.3 is 0 Å². The van der Waals surface area contributed by atoms with Crippen molar-refractivity contribution in [1.82, 2.24) is 0 Å². The highest BCUT2D eigenvalue weighted by molar-refractivity contribution is 5.20. The summed E-state index contributed by atoms with van der Waals surface area (Å²) in [6.07, 6.45) is 5.79. The highest BCUT2D eigenvalue weighted by atomic mass is 19.1. The zero-order valence-electron chi connectivity index (χ0n) is 8.21. The number of aliphatic hydroxyl groups excluding tert-OH is 1. The molecule has 0 bridgehead atoms. The first kappa shape index (κ1) is 11.7. The van der Waals surface area contributed by atoms with Crippen LogP contribution in [0.4, 0.5) is 8.78 Å². The third-order valence-electron chi connectivity index (χ3n) is 2.07. The van der Waals surface area contributed by atoms with Crippen LogP contribution in [-0.4, -0.2) is 5.11 Å². The molecule has 0 spiro atoms. The molecular formula is C12H12F2O. The predicted molar refractivity (Wildman–Crippen MR) is 54.0 cm³/mol. The van der Waals surface area contributed by atoms with Crippen LogP contribution in [-0.2, 0) is 0 Å². The second-order valence-corrected chi connectivity index (χ2v) is 3.31. The fourth-order valence-corrected chi connectivity index (χ4v) is 1.33. The van der Waals surface area contributed by atoms with E-state index < -0.39 is 17.7 Å².